The van der Waals surface area contributed by atoms with Crippen LogP contribution in [0.3, 0.4) is 0 Å². The van der Waals surface area contributed by atoms with E-state index in [0.29, 0.717) is 10.6 Å². The highest BCUT2D eigenvalue weighted by molar-refractivity contribution is 7.12. The minimum Gasteiger partial charge on any atom is -0.495 e. The Kier molecular flexibility index (Phi) is 6.61. The number of piperidine rings is 1. The summed E-state index contributed by atoms with van der Waals surface area (Å²) in [4.78, 5) is 23.2. The standard InChI is InChI=1S/C22H27N5O2S.CHN/c1-15-14-27-19(23-21(15)25-9-5-6-10-25)13-16(24-27)17-7-3-4-11-26(17)22(28)20-18(29-2)8-12-30-20;1-2/h8,12-14,17H,3-7,9-11H2,1-2H3;1H. The number of aromatic nitrogens is 3. The summed E-state index contributed by atoms with van der Waals surface area (Å²) in [6.45, 7) is 8.47. The van der Waals surface area contributed by atoms with Crippen molar-refractivity contribution in [2.75, 3.05) is 31.6 Å². The number of rotatable bonds is 4. The van der Waals surface area contributed by atoms with E-state index in [-0.39, 0.29) is 11.9 Å². The van der Waals surface area contributed by atoms with Crippen LogP contribution in [-0.2, 0) is 0 Å². The van der Waals surface area contributed by atoms with Gasteiger partial charge >= 0.3 is 0 Å². The molecule has 2 aliphatic heterocycles. The number of likely N-dealkylation sites (tertiary alicyclic amines) is 1. The van der Waals surface area contributed by atoms with Gasteiger partial charge in [0.15, 0.2) is 5.65 Å². The van der Waals surface area contributed by atoms with Crippen molar-refractivity contribution < 1.29 is 9.53 Å². The van der Waals surface area contributed by atoms with Crippen molar-refractivity contribution in [3.05, 3.63) is 39.8 Å². The summed E-state index contributed by atoms with van der Waals surface area (Å²) >= 11 is 1.44. The molecule has 2 aliphatic rings. The van der Waals surface area contributed by atoms with Crippen LogP contribution in [0.5, 0.6) is 5.75 Å². The highest BCUT2D eigenvalue weighted by Crippen LogP contribution is 2.35. The van der Waals surface area contributed by atoms with Crippen molar-refractivity contribution in [2.24, 2.45) is 0 Å². The van der Waals surface area contributed by atoms with Crippen LogP contribution in [0.2, 0.25) is 0 Å². The summed E-state index contributed by atoms with van der Waals surface area (Å²) in [6.07, 6.45) is 7.54. The number of fused-ring (bicyclic) bond motifs is 1. The molecule has 2 fully saturated rings. The van der Waals surface area contributed by atoms with E-state index in [1.54, 1.807) is 7.11 Å². The summed E-state index contributed by atoms with van der Waals surface area (Å²) < 4.78 is 7.26. The number of nitrogens with zero attached hydrogens (tertiary/aromatic N) is 6. The van der Waals surface area contributed by atoms with Gasteiger partial charge in [0.2, 0.25) is 0 Å². The smallest absolute Gasteiger partial charge is 0.268 e. The largest absolute Gasteiger partial charge is 0.495 e. The molecule has 0 aromatic carbocycles. The van der Waals surface area contributed by atoms with E-state index in [4.69, 9.17) is 20.1 Å². The summed E-state index contributed by atoms with van der Waals surface area (Å²) in [5.41, 5.74) is 2.91. The molecule has 5 rings (SSSR count). The summed E-state index contributed by atoms with van der Waals surface area (Å²) in [7, 11) is 1.61. The average Bonchev–Trinajstić information content (AvgIpc) is 3.59. The zero-order valence-corrected chi connectivity index (χ0v) is 19.3. The van der Waals surface area contributed by atoms with Crippen LogP contribution in [0.1, 0.15) is 59.1 Å². The Morgan fingerprint density at radius 3 is 2.72 bits per heavy atom. The number of anilines is 1. The van der Waals surface area contributed by atoms with Gasteiger partial charge in [0.25, 0.3) is 5.91 Å². The highest BCUT2D eigenvalue weighted by atomic mass is 32.1. The van der Waals surface area contributed by atoms with Gasteiger partial charge in [0.1, 0.15) is 16.4 Å². The molecule has 5 heterocycles. The summed E-state index contributed by atoms with van der Waals surface area (Å²) in [6, 6.07) is 3.88. The lowest BCUT2D eigenvalue weighted by molar-refractivity contribution is 0.0608. The van der Waals surface area contributed by atoms with Gasteiger partial charge in [-0.2, -0.15) is 5.10 Å². The summed E-state index contributed by atoms with van der Waals surface area (Å²) in [5, 5.41) is 13.2. The Labute approximate surface area is 192 Å². The molecule has 3 aromatic rings. The molecule has 2 saturated heterocycles. The second kappa shape index (κ2) is 9.57. The minimum atomic E-state index is -0.0321. The predicted octanol–water partition coefficient (Wildman–Crippen LogP) is 4.22. The van der Waals surface area contributed by atoms with E-state index in [0.717, 1.165) is 61.6 Å². The van der Waals surface area contributed by atoms with Crippen LogP contribution >= 0.6 is 11.3 Å². The molecule has 0 bridgehead atoms. The van der Waals surface area contributed by atoms with Crippen LogP contribution in [0.15, 0.2) is 23.7 Å². The maximum atomic E-state index is 13.3. The van der Waals surface area contributed by atoms with Gasteiger partial charge in [-0.05, 0) is 50.5 Å². The Balaban J connectivity index is 0.00000119. The lowest BCUT2D eigenvalue weighted by Gasteiger charge is -2.34. The van der Waals surface area contributed by atoms with Crippen molar-refractivity contribution in [3.8, 4) is 12.3 Å². The van der Waals surface area contributed by atoms with E-state index in [1.807, 2.05) is 20.9 Å². The fourth-order valence-corrected chi connectivity index (χ4v) is 5.47. The van der Waals surface area contributed by atoms with Crippen LogP contribution in [0, 0.1) is 18.8 Å². The molecule has 9 heteroatoms. The van der Waals surface area contributed by atoms with Crippen molar-refractivity contribution >= 4 is 28.7 Å². The second-order valence-corrected chi connectivity index (χ2v) is 9.06. The van der Waals surface area contributed by atoms with Gasteiger partial charge in [-0.1, -0.05) is 0 Å². The van der Waals surface area contributed by atoms with E-state index in [9.17, 15) is 4.79 Å². The van der Waals surface area contributed by atoms with Gasteiger partial charge in [0.05, 0.1) is 18.8 Å². The molecular formula is C23H28N6O2S. The number of amides is 1. The van der Waals surface area contributed by atoms with E-state index in [1.165, 1.54) is 24.2 Å². The molecular weight excluding hydrogens is 424 g/mol. The third-order valence-corrected chi connectivity index (χ3v) is 7.06. The molecule has 32 heavy (non-hydrogen) atoms. The number of ether oxygens (including phenoxy) is 1. The van der Waals surface area contributed by atoms with Gasteiger partial charge in [-0.25, -0.2) is 14.8 Å². The number of carbonyl (C=O) groups excluding carboxylic acids is 1. The van der Waals surface area contributed by atoms with Crippen LogP contribution in [0.4, 0.5) is 5.82 Å². The van der Waals surface area contributed by atoms with Crippen LogP contribution < -0.4 is 9.64 Å². The van der Waals surface area contributed by atoms with E-state index >= 15 is 0 Å². The average molecular weight is 453 g/mol. The third kappa shape index (κ3) is 4.02. The molecule has 0 spiro atoms. The normalized spacial score (nSPS) is 18.4. The van der Waals surface area contributed by atoms with Gasteiger partial charge in [-0.15, -0.1) is 11.3 Å². The summed E-state index contributed by atoms with van der Waals surface area (Å²) in [5.74, 6) is 1.74. The van der Waals surface area contributed by atoms with Crippen molar-refractivity contribution in [3.63, 3.8) is 0 Å². The maximum Gasteiger partial charge on any atom is 0.268 e. The lowest BCUT2D eigenvalue weighted by Crippen LogP contribution is -2.38. The van der Waals surface area contributed by atoms with Gasteiger partial charge in [-0.3, -0.25) is 4.79 Å². The Hall–Kier alpha value is -3.12. The zero-order valence-electron chi connectivity index (χ0n) is 18.5. The van der Waals surface area contributed by atoms with E-state index in [2.05, 4.69) is 30.7 Å². The first-order chi connectivity index (χ1) is 15.7. The molecule has 8 nitrogen and oxygen atoms in total. The number of nitriles is 1. The third-order valence-electron chi connectivity index (χ3n) is 6.18. The molecule has 0 radical (unpaired) electrons. The molecule has 0 N–H and O–H groups in total. The fraction of sp³-hybridized carbons (Fsp3) is 0.478. The topological polar surface area (TPSA) is 86.8 Å². The molecule has 1 atom stereocenters. The number of hydrogen-bond acceptors (Lipinski definition) is 7. The van der Waals surface area contributed by atoms with E-state index < -0.39 is 0 Å². The van der Waals surface area contributed by atoms with Crippen molar-refractivity contribution in [1.82, 2.24) is 19.5 Å². The number of hydrogen-bond donors (Lipinski definition) is 0. The second-order valence-electron chi connectivity index (χ2n) is 8.14. The van der Waals surface area contributed by atoms with Crippen LogP contribution in [-0.4, -0.2) is 52.1 Å². The lowest BCUT2D eigenvalue weighted by atomic mass is 9.99. The monoisotopic (exact) mass is 452 g/mol. The minimum absolute atomic E-state index is 0.0321. The number of carbonyl (C=O) groups is 1. The quantitative estimate of drug-likeness (QED) is 0.589. The Morgan fingerprint density at radius 2 is 1.97 bits per heavy atom. The maximum absolute atomic E-state index is 13.3. The predicted molar refractivity (Wildman–Crippen MR) is 124 cm³/mol. The van der Waals surface area contributed by atoms with Gasteiger partial charge in [0, 0.05) is 44.0 Å². The number of aryl methyl sites for hydroxylation is 1. The first-order valence-electron chi connectivity index (χ1n) is 11.0. The molecule has 1 unspecified atom stereocenters. The highest BCUT2D eigenvalue weighted by Gasteiger charge is 2.32. The molecule has 0 aliphatic carbocycles. The number of thiophene rings is 1. The molecule has 0 saturated carbocycles. The van der Waals surface area contributed by atoms with Gasteiger partial charge < -0.3 is 14.5 Å². The molecule has 3 aromatic heterocycles. The first-order valence-corrected chi connectivity index (χ1v) is 11.8. The van der Waals surface area contributed by atoms with Crippen molar-refractivity contribution in [2.45, 2.75) is 45.1 Å². The first kappa shape index (κ1) is 22.1. The van der Waals surface area contributed by atoms with Crippen molar-refractivity contribution in [1.29, 1.82) is 5.26 Å². The Morgan fingerprint density at radius 1 is 1.22 bits per heavy atom. The molecule has 168 valence electrons. The Bertz CT molecular complexity index is 1110. The SMILES string of the molecule is C#N.COc1ccsc1C(=O)N1CCCCC1c1cc2nc(N3CCCC3)c(C)cn2n1. The number of methoxy groups -OCH3 is 1. The fourth-order valence-electron chi connectivity index (χ4n) is 4.66. The zero-order chi connectivity index (χ0) is 22.7. The van der Waals surface area contributed by atoms with Crippen LogP contribution in [0.25, 0.3) is 5.65 Å². The molecule has 1 amide bonds.